The minimum absolute atomic E-state index is 0.0984. The van der Waals surface area contributed by atoms with E-state index in [9.17, 15) is 4.79 Å². The van der Waals surface area contributed by atoms with E-state index >= 15 is 0 Å². The van der Waals surface area contributed by atoms with Gasteiger partial charge in [0, 0.05) is 24.2 Å². The molecule has 0 radical (unpaired) electrons. The maximum atomic E-state index is 11.8. The number of ether oxygens (including phenoxy) is 1. The molecule has 0 aromatic heterocycles. The van der Waals surface area contributed by atoms with Gasteiger partial charge in [0.25, 0.3) is 0 Å². The number of esters is 1. The molecule has 0 amide bonds. The molecule has 0 spiro atoms. The Labute approximate surface area is 185 Å². The number of nitrogen functional groups attached to an aromatic ring is 2. The zero-order valence-electron chi connectivity index (χ0n) is 19.4. The highest BCUT2D eigenvalue weighted by Gasteiger charge is 2.05. The van der Waals surface area contributed by atoms with Gasteiger partial charge in [-0.15, -0.1) is 0 Å². The third-order valence-corrected chi connectivity index (χ3v) is 5.79. The highest BCUT2D eigenvalue weighted by atomic mass is 16.5. The van der Waals surface area contributed by atoms with E-state index in [1.54, 1.807) is 6.07 Å². The molecule has 0 unspecified atom stereocenters. The van der Waals surface area contributed by atoms with Crippen molar-refractivity contribution in [1.29, 1.82) is 0 Å². The topological polar surface area (TPSA) is 78.3 Å². The predicted molar refractivity (Wildman–Crippen MR) is 129 cm³/mol. The minimum atomic E-state index is -0.0984. The molecule has 30 heavy (non-hydrogen) atoms. The Balaban J connectivity index is 1.83. The number of anilines is 2. The van der Waals surface area contributed by atoms with Crippen molar-refractivity contribution in [2.75, 3.05) is 18.1 Å². The van der Waals surface area contributed by atoms with Crippen LogP contribution < -0.4 is 11.5 Å². The standard InChI is InChI=1S/C26H46N2O2/c1-2-3-4-5-6-7-8-9-10-11-12-13-14-15-16-17-26(29)30-21-20-23-18-19-24(27)22-25(23)28/h18-19,22H,2-17,20-21,27-28H2,1H3. The zero-order chi connectivity index (χ0) is 21.9. The molecule has 1 rings (SSSR count). The van der Waals surface area contributed by atoms with Gasteiger partial charge in [-0.25, -0.2) is 0 Å². The van der Waals surface area contributed by atoms with Gasteiger partial charge in [0.05, 0.1) is 6.61 Å². The van der Waals surface area contributed by atoms with E-state index in [1.165, 1.54) is 83.5 Å². The summed E-state index contributed by atoms with van der Waals surface area (Å²) in [6.07, 6.45) is 21.1. The molecule has 0 aliphatic heterocycles. The molecule has 0 saturated heterocycles. The normalized spacial score (nSPS) is 11.0. The quantitative estimate of drug-likeness (QED) is 0.141. The van der Waals surface area contributed by atoms with Crippen molar-refractivity contribution in [2.24, 2.45) is 0 Å². The highest BCUT2D eigenvalue weighted by molar-refractivity contribution is 5.69. The van der Waals surface area contributed by atoms with E-state index in [-0.39, 0.29) is 5.97 Å². The van der Waals surface area contributed by atoms with Gasteiger partial charge in [0.15, 0.2) is 0 Å². The second kappa shape index (κ2) is 18.1. The fourth-order valence-electron chi connectivity index (χ4n) is 3.83. The number of rotatable bonds is 19. The van der Waals surface area contributed by atoms with E-state index in [1.807, 2.05) is 12.1 Å². The lowest BCUT2D eigenvalue weighted by molar-refractivity contribution is -0.143. The molecule has 4 nitrogen and oxygen atoms in total. The van der Waals surface area contributed by atoms with Gasteiger partial charge in [-0.1, -0.05) is 103 Å². The Morgan fingerprint density at radius 3 is 1.77 bits per heavy atom. The van der Waals surface area contributed by atoms with Crippen LogP contribution in [-0.2, 0) is 16.0 Å². The second-order valence-corrected chi connectivity index (χ2v) is 8.63. The zero-order valence-corrected chi connectivity index (χ0v) is 19.4. The van der Waals surface area contributed by atoms with Crippen LogP contribution in [0.25, 0.3) is 0 Å². The molecule has 0 bridgehead atoms. The van der Waals surface area contributed by atoms with Crippen LogP contribution in [-0.4, -0.2) is 12.6 Å². The van der Waals surface area contributed by atoms with Crippen molar-refractivity contribution in [3.63, 3.8) is 0 Å². The van der Waals surface area contributed by atoms with Crippen molar-refractivity contribution < 1.29 is 9.53 Å². The molecule has 0 aliphatic carbocycles. The van der Waals surface area contributed by atoms with Crippen molar-refractivity contribution in [1.82, 2.24) is 0 Å². The van der Waals surface area contributed by atoms with Crippen LogP contribution in [0.5, 0.6) is 0 Å². The maximum Gasteiger partial charge on any atom is 0.305 e. The van der Waals surface area contributed by atoms with Crippen LogP contribution in [0.2, 0.25) is 0 Å². The lowest BCUT2D eigenvalue weighted by Crippen LogP contribution is -2.08. The molecule has 172 valence electrons. The molecule has 0 aliphatic rings. The number of unbranched alkanes of at least 4 members (excludes halogenated alkanes) is 14. The van der Waals surface area contributed by atoms with E-state index < -0.39 is 0 Å². The van der Waals surface area contributed by atoms with Gasteiger partial charge in [-0.3, -0.25) is 4.79 Å². The predicted octanol–water partition coefficient (Wildman–Crippen LogP) is 7.20. The van der Waals surface area contributed by atoms with Crippen LogP contribution in [0.15, 0.2) is 18.2 Å². The summed E-state index contributed by atoms with van der Waals surface area (Å²) in [4.78, 5) is 11.8. The van der Waals surface area contributed by atoms with Crippen molar-refractivity contribution >= 4 is 17.3 Å². The summed E-state index contributed by atoms with van der Waals surface area (Å²) in [5, 5.41) is 0. The molecule has 4 heteroatoms. The minimum Gasteiger partial charge on any atom is -0.465 e. The first-order chi connectivity index (χ1) is 14.6. The number of hydrogen-bond acceptors (Lipinski definition) is 4. The van der Waals surface area contributed by atoms with Gasteiger partial charge in [-0.05, 0) is 24.1 Å². The molecular formula is C26H46N2O2. The fraction of sp³-hybridized carbons (Fsp3) is 0.731. The van der Waals surface area contributed by atoms with E-state index in [0.29, 0.717) is 30.8 Å². The second-order valence-electron chi connectivity index (χ2n) is 8.63. The van der Waals surface area contributed by atoms with Crippen molar-refractivity contribution in [2.45, 2.75) is 116 Å². The van der Waals surface area contributed by atoms with Gasteiger partial charge in [0.1, 0.15) is 0 Å². The monoisotopic (exact) mass is 418 g/mol. The Kier molecular flexibility index (Phi) is 15.9. The van der Waals surface area contributed by atoms with Gasteiger partial charge >= 0.3 is 5.97 Å². The largest absolute Gasteiger partial charge is 0.465 e. The lowest BCUT2D eigenvalue weighted by atomic mass is 10.0. The number of nitrogens with two attached hydrogens (primary N) is 2. The number of carbonyl (C=O) groups excluding carboxylic acids is 1. The average Bonchev–Trinajstić information content (AvgIpc) is 2.72. The third kappa shape index (κ3) is 14.3. The summed E-state index contributed by atoms with van der Waals surface area (Å²) < 4.78 is 5.32. The summed E-state index contributed by atoms with van der Waals surface area (Å²) >= 11 is 0. The SMILES string of the molecule is CCCCCCCCCCCCCCCCCC(=O)OCCc1ccc(N)cc1N. The van der Waals surface area contributed by atoms with E-state index in [2.05, 4.69) is 6.92 Å². The summed E-state index contributed by atoms with van der Waals surface area (Å²) in [6, 6.07) is 5.46. The van der Waals surface area contributed by atoms with Crippen LogP contribution in [0, 0.1) is 0 Å². The number of hydrogen-bond donors (Lipinski definition) is 2. The molecule has 0 fully saturated rings. The first-order valence-corrected chi connectivity index (χ1v) is 12.4. The molecular weight excluding hydrogens is 372 g/mol. The average molecular weight is 419 g/mol. The van der Waals surface area contributed by atoms with Crippen LogP contribution in [0.1, 0.15) is 115 Å². The highest BCUT2D eigenvalue weighted by Crippen LogP contribution is 2.17. The Bertz CT molecular complexity index is 560. The molecule has 1 aromatic rings. The van der Waals surface area contributed by atoms with E-state index in [4.69, 9.17) is 16.2 Å². The van der Waals surface area contributed by atoms with Gasteiger partial charge < -0.3 is 16.2 Å². The Morgan fingerprint density at radius 1 is 0.767 bits per heavy atom. The first-order valence-electron chi connectivity index (χ1n) is 12.4. The molecule has 4 N–H and O–H groups in total. The van der Waals surface area contributed by atoms with Gasteiger partial charge in [-0.2, -0.15) is 0 Å². The number of carbonyl (C=O) groups is 1. The van der Waals surface area contributed by atoms with Crippen LogP contribution in [0.4, 0.5) is 11.4 Å². The third-order valence-electron chi connectivity index (χ3n) is 5.79. The van der Waals surface area contributed by atoms with Gasteiger partial charge in [0.2, 0.25) is 0 Å². The van der Waals surface area contributed by atoms with E-state index in [0.717, 1.165) is 18.4 Å². The Hall–Kier alpha value is -1.71. The lowest BCUT2D eigenvalue weighted by Gasteiger charge is -2.08. The van der Waals surface area contributed by atoms with Crippen LogP contribution in [0.3, 0.4) is 0 Å². The van der Waals surface area contributed by atoms with Crippen molar-refractivity contribution in [3.8, 4) is 0 Å². The molecule has 0 saturated carbocycles. The Morgan fingerprint density at radius 2 is 1.27 bits per heavy atom. The summed E-state index contributed by atoms with van der Waals surface area (Å²) in [6.45, 7) is 2.66. The number of benzene rings is 1. The summed E-state index contributed by atoms with van der Waals surface area (Å²) in [5.41, 5.74) is 13.9. The maximum absolute atomic E-state index is 11.8. The fourth-order valence-corrected chi connectivity index (χ4v) is 3.83. The van der Waals surface area contributed by atoms with Crippen molar-refractivity contribution in [3.05, 3.63) is 23.8 Å². The first kappa shape index (κ1) is 26.3. The summed E-state index contributed by atoms with van der Waals surface area (Å²) in [7, 11) is 0. The van der Waals surface area contributed by atoms with Crippen LogP contribution >= 0.6 is 0 Å². The summed E-state index contributed by atoms with van der Waals surface area (Å²) in [5.74, 6) is -0.0984. The smallest absolute Gasteiger partial charge is 0.305 e. The molecule has 1 aromatic carbocycles. The molecule has 0 heterocycles. The molecule has 0 atom stereocenters.